The highest BCUT2D eigenvalue weighted by Gasteiger charge is 2.06. The van der Waals surface area contributed by atoms with Crippen LogP contribution in [0.2, 0.25) is 0 Å². The molecule has 0 bridgehead atoms. The van der Waals surface area contributed by atoms with Crippen molar-refractivity contribution in [1.29, 1.82) is 0 Å². The summed E-state index contributed by atoms with van der Waals surface area (Å²) in [7, 11) is 0. The molecule has 23 heavy (non-hydrogen) atoms. The molecule has 0 saturated heterocycles. The summed E-state index contributed by atoms with van der Waals surface area (Å²) in [4.78, 5) is 13.1. The molecule has 0 aliphatic rings. The Labute approximate surface area is 141 Å². The van der Waals surface area contributed by atoms with E-state index in [4.69, 9.17) is 4.74 Å². The number of rotatable bonds is 7. The van der Waals surface area contributed by atoms with Gasteiger partial charge in [0, 0.05) is 10.4 Å². The van der Waals surface area contributed by atoms with Gasteiger partial charge < -0.3 is 4.74 Å². The summed E-state index contributed by atoms with van der Waals surface area (Å²) in [5.41, 5.74) is 3.93. The third kappa shape index (κ3) is 5.53. The van der Waals surface area contributed by atoms with E-state index >= 15 is 0 Å². The van der Waals surface area contributed by atoms with Crippen LogP contribution >= 0.6 is 11.3 Å². The van der Waals surface area contributed by atoms with Crippen LogP contribution in [0.1, 0.15) is 42.4 Å². The predicted molar refractivity (Wildman–Crippen MR) is 95.4 cm³/mol. The lowest BCUT2D eigenvalue weighted by molar-refractivity contribution is 0.0955. The van der Waals surface area contributed by atoms with Crippen molar-refractivity contribution in [2.45, 2.75) is 27.2 Å². The molecule has 0 aliphatic heterocycles. The van der Waals surface area contributed by atoms with Gasteiger partial charge in [0.25, 0.3) is 5.91 Å². The normalized spacial score (nSPS) is 11.6. The Morgan fingerprint density at radius 2 is 2.00 bits per heavy atom. The summed E-state index contributed by atoms with van der Waals surface area (Å²) in [6.45, 7) is 6.89. The number of thiophene rings is 1. The van der Waals surface area contributed by atoms with Crippen LogP contribution in [0.15, 0.2) is 46.9 Å². The van der Waals surface area contributed by atoms with Gasteiger partial charge in [-0.3, -0.25) is 4.79 Å². The maximum absolute atomic E-state index is 12.1. The molecule has 0 fully saturated rings. The number of amides is 1. The minimum absolute atomic E-state index is 0.227. The average molecular weight is 330 g/mol. The molecule has 1 amide bonds. The van der Waals surface area contributed by atoms with Gasteiger partial charge in [-0.15, -0.1) is 11.3 Å². The first-order chi connectivity index (χ1) is 11.1. The SMILES string of the molecule is CC(=NNC(=O)c1ccc(OCCC(C)C)cc1)c1cccs1. The maximum Gasteiger partial charge on any atom is 0.271 e. The van der Waals surface area contributed by atoms with E-state index in [-0.39, 0.29) is 5.91 Å². The second kappa shape index (κ2) is 8.48. The Balaban J connectivity index is 1.89. The van der Waals surface area contributed by atoms with Crippen LogP contribution in [0.4, 0.5) is 0 Å². The summed E-state index contributed by atoms with van der Waals surface area (Å²) in [5, 5.41) is 6.11. The van der Waals surface area contributed by atoms with Crippen LogP contribution in [0.25, 0.3) is 0 Å². The first-order valence-electron chi connectivity index (χ1n) is 7.67. The molecule has 1 N–H and O–H groups in total. The van der Waals surface area contributed by atoms with E-state index in [9.17, 15) is 4.79 Å². The van der Waals surface area contributed by atoms with Crippen molar-refractivity contribution in [2.75, 3.05) is 6.61 Å². The Bertz CT molecular complexity index is 646. The van der Waals surface area contributed by atoms with E-state index in [2.05, 4.69) is 24.4 Å². The standard InChI is InChI=1S/C18H22N2O2S/c1-13(2)10-11-22-16-8-6-15(7-9-16)18(21)20-19-14(3)17-5-4-12-23-17/h4-9,12-13H,10-11H2,1-3H3,(H,20,21). The number of nitrogens with one attached hydrogen (secondary N) is 1. The minimum atomic E-state index is -0.227. The first kappa shape index (κ1) is 17.2. The van der Waals surface area contributed by atoms with Gasteiger partial charge in [-0.2, -0.15) is 5.10 Å². The molecule has 0 atom stereocenters. The summed E-state index contributed by atoms with van der Waals surface area (Å²) < 4.78 is 5.64. The fourth-order valence-corrected chi connectivity index (χ4v) is 2.53. The van der Waals surface area contributed by atoms with Gasteiger partial charge in [-0.1, -0.05) is 19.9 Å². The molecule has 122 valence electrons. The smallest absolute Gasteiger partial charge is 0.271 e. The topological polar surface area (TPSA) is 50.7 Å². The van der Waals surface area contributed by atoms with Crippen LogP contribution < -0.4 is 10.2 Å². The number of hydrogen-bond donors (Lipinski definition) is 1. The van der Waals surface area contributed by atoms with Crippen molar-refractivity contribution in [2.24, 2.45) is 11.0 Å². The van der Waals surface area contributed by atoms with E-state index in [0.29, 0.717) is 18.1 Å². The highest BCUT2D eigenvalue weighted by Crippen LogP contribution is 2.14. The van der Waals surface area contributed by atoms with E-state index in [1.54, 1.807) is 23.5 Å². The van der Waals surface area contributed by atoms with Gasteiger partial charge in [0.15, 0.2) is 0 Å². The quantitative estimate of drug-likeness (QED) is 0.607. The van der Waals surface area contributed by atoms with Crippen molar-refractivity contribution in [3.05, 3.63) is 52.2 Å². The monoisotopic (exact) mass is 330 g/mol. The zero-order valence-corrected chi connectivity index (χ0v) is 14.5. The van der Waals surface area contributed by atoms with Crippen LogP contribution in [-0.2, 0) is 0 Å². The molecule has 1 aromatic carbocycles. The number of ether oxygens (including phenoxy) is 1. The van der Waals surface area contributed by atoms with Crippen molar-refractivity contribution in [3.8, 4) is 5.75 Å². The third-order valence-corrected chi connectivity index (χ3v) is 4.26. The lowest BCUT2D eigenvalue weighted by atomic mass is 10.1. The lowest BCUT2D eigenvalue weighted by Gasteiger charge is -2.08. The molecule has 1 heterocycles. The fraction of sp³-hybridized carbons (Fsp3) is 0.333. The molecular weight excluding hydrogens is 308 g/mol. The van der Waals surface area contributed by atoms with E-state index in [1.165, 1.54) is 0 Å². The number of hydrogen-bond acceptors (Lipinski definition) is 4. The molecule has 4 nitrogen and oxygen atoms in total. The largest absolute Gasteiger partial charge is 0.494 e. The average Bonchev–Trinajstić information content (AvgIpc) is 3.07. The molecular formula is C18H22N2O2S. The highest BCUT2D eigenvalue weighted by atomic mass is 32.1. The highest BCUT2D eigenvalue weighted by molar-refractivity contribution is 7.12. The van der Waals surface area contributed by atoms with Crippen molar-refractivity contribution >= 4 is 23.0 Å². The number of hydrazone groups is 1. The second-order valence-corrected chi connectivity index (χ2v) is 6.62. The van der Waals surface area contributed by atoms with E-state index in [1.807, 2.05) is 36.6 Å². The summed E-state index contributed by atoms with van der Waals surface area (Å²) in [5.74, 6) is 1.17. The molecule has 0 radical (unpaired) electrons. The van der Waals surface area contributed by atoms with Gasteiger partial charge in [0.05, 0.1) is 12.3 Å². The van der Waals surface area contributed by atoms with Crippen LogP contribution in [0.5, 0.6) is 5.75 Å². The fourth-order valence-electron chi connectivity index (χ4n) is 1.85. The van der Waals surface area contributed by atoms with Crippen molar-refractivity contribution < 1.29 is 9.53 Å². The Kier molecular flexibility index (Phi) is 6.35. The lowest BCUT2D eigenvalue weighted by Crippen LogP contribution is -2.19. The zero-order valence-electron chi connectivity index (χ0n) is 13.7. The van der Waals surface area contributed by atoms with Crippen molar-refractivity contribution in [1.82, 2.24) is 5.43 Å². The minimum Gasteiger partial charge on any atom is -0.494 e. The number of nitrogens with zero attached hydrogens (tertiary/aromatic N) is 1. The maximum atomic E-state index is 12.1. The van der Waals surface area contributed by atoms with Gasteiger partial charge in [0.1, 0.15) is 5.75 Å². The summed E-state index contributed by atoms with van der Waals surface area (Å²) in [6, 6.07) is 11.0. The Hall–Kier alpha value is -2.14. The summed E-state index contributed by atoms with van der Waals surface area (Å²) >= 11 is 1.59. The second-order valence-electron chi connectivity index (χ2n) is 5.67. The molecule has 0 aliphatic carbocycles. The zero-order chi connectivity index (χ0) is 16.7. The Morgan fingerprint density at radius 3 is 2.61 bits per heavy atom. The van der Waals surface area contributed by atoms with E-state index < -0.39 is 0 Å². The molecule has 2 rings (SSSR count). The number of carbonyl (C=O) groups is 1. The van der Waals surface area contributed by atoms with Crippen LogP contribution in [-0.4, -0.2) is 18.2 Å². The third-order valence-electron chi connectivity index (χ3n) is 3.28. The molecule has 5 heteroatoms. The number of benzene rings is 1. The molecule has 1 aromatic heterocycles. The Morgan fingerprint density at radius 1 is 1.26 bits per heavy atom. The molecule has 0 saturated carbocycles. The van der Waals surface area contributed by atoms with Crippen LogP contribution in [0, 0.1) is 5.92 Å². The van der Waals surface area contributed by atoms with E-state index in [0.717, 1.165) is 22.8 Å². The van der Waals surface area contributed by atoms with Crippen LogP contribution in [0.3, 0.4) is 0 Å². The van der Waals surface area contributed by atoms with Gasteiger partial charge in [-0.25, -0.2) is 5.43 Å². The van der Waals surface area contributed by atoms with Gasteiger partial charge >= 0.3 is 0 Å². The molecule has 0 unspecified atom stereocenters. The van der Waals surface area contributed by atoms with Crippen molar-refractivity contribution in [3.63, 3.8) is 0 Å². The summed E-state index contributed by atoms with van der Waals surface area (Å²) in [6.07, 6.45) is 1.01. The predicted octanol–water partition coefficient (Wildman–Crippen LogP) is 4.33. The van der Waals surface area contributed by atoms with Gasteiger partial charge in [0.2, 0.25) is 0 Å². The van der Waals surface area contributed by atoms with Gasteiger partial charge in [-0.05, 0) is 55.0 Å². The molecule has 0 spiro atoms. The first-order valence-corrected chi connectivity index (χ1v) is 8.55. The molecule has 2 aromatic rings. The number of carbonyl (C=O) groups excluding carboxylic acids is 1.